The van der Waals surface area contributed by atoms with Crippen molar-refractivity contribution in [3.63, 3.8) is 0 Å². The molecule has 0 atom stereocenters. The number of carbonyl (C=O) groups excluding carboxylic acids is 1. The second kappa shape index (κ2) is 7.52. The standard InChI is InChI=1S/C21H11Cl3N2O3/c22-13-9-15(23)18(16(24)10-13)20(27)26-17-4-2-1-3-14(17)19(25-26)11-5-7-12(8-6-11)21(28)29/h1-10H,(H,28,29). The third-order valence-electron chi connectivity index (χ3n) is 4.41. The molecule has 8 heteroatoms. The highest BCUT2D eigenvalue weighted by Crippen LogP contribution is 2.33. The first-order chi connectivity index (χ1) is 13.9. The van der Waals surface area contributed by atoms with Gasteiger partial charge in [-0.15, -0.1) is 0 Å². The minimum atomic E-state index is -1.02. The quantitative estimate of drug-likeness (QED) is 0.416. The molecule has 29 heavy (non-hydrogen) atoms. The predicted octanol–water partition coefficient (Wildman–Crippen LogP) is 6.05. The van der Waals surface area contributed by atoms with Crippen molar-refractivity contribution < 1.29 is 14.7 Å². The minimum Gasteiger partial charge on any atom is -0.478 e. The van der Waals surface area contributed by atoms with Crippen molar-refractivity contribution >= 4 is 57.6 Å². The normalized spacial score (nSPS) is 11.0. The lowest BCUT2D eigenvalue weighted by Crippen LogP contribution is -2.14. The Morgan fingerprint density at radius 1 is 0.897 bits per heavy atom. The molecular weight excluding hydrogens is 435 g/mol. The molecule has 0 saturated carbocycles. The summed E-state index contributed by atoms with van der Waals surface area (Å²) >= 11 is 18.4. The Morgan fingerprint density at radius 3 is 2.14 bits per heavy atom. The maximum absolute atomic E-state index is 13.2. The lowest BCUT2D eigenvalue weighted by molar-refractivity contribution is 0.0696. The summed E-state index contributed by atoms with van der Waals surface area (Å²) in [5, 5.41) is 14.9. The number of halogens is 3. The van der Waals surface area contributed by atoms with Crippen LogP contribution in [0.5, 0.6) is 0 Å². The first-order valence-electron chi connectivity index (χ1n) is 8.37. The van der Waals surface area contributed by atoms with E-state index in [1.165, 1.54) is 28.9 Å². The van der Waals surface area contributed by atoms with E-state index in [9.17, 15) is 9.59 Å². The van der Waals surface area contributed by atoms with Gasteiger partial charge < -0.3 is 5.11 Å². The molecule has 4 rings (SSSR count). The van der Waals surface area contributed by atoms with E-state index in [0.29, 0.717) is 21.8 Å². The van der Waals surface area contributed by atoms with Crippen LogP contribution in [0.15, 0.2) is 60.7 Å². The topological polar surface area (TPSA) is 72.2 Å². The average Bonchev–Trinajstić information content (AvgIpc) is 3.07. The van der Waals surface area contributed by atoms with Gasteiger partial charge in [-0.3, -0.25) is 4.79 Å². The molecule has 4 aromatic rings. The summed E-state index contributed by atoms with van der Waals surface area (Å²) in [6.07, 6.45) is 0. The summed E-state index contributed by atoms with van der Waals surface area (Å²) in [5.41, 5.74) is 2.03. The lowest BCUT2D eigenvalue weighted by atomic mass is 10.1. The van der Waals surface area contributed by atoms with Crippen LogP contribution in [0.3, 0.4) is 0 Å². The number of benzene rings is 3. The van der Waals surface area contributed by atoms with Crippen LogP contribution < -0.4 is 0 Å². The van der Waals surface area contributed by atoms with Gasteiger partial charge >= 0.3 is 5.97 Å². The molecule has 1 N–H and O–H groups in total. The number of para-hydroxylation sites is 1. The number of hydrogen-bond acceptors (Lipinski definition) is 3. The van der Waals surface area contributed by atoms with Gasteiger partial charge in [0, 0.05) is 16.0 Å². The number of hydrogen-bond donors (Lipinski definition) is 1. The number of carboxylic acid groups (broad SMARTS) is 1. The van der Waals surface area contributed by atoms with Crippen LogP contribution in [-0.4, -0.2) is 26.8 Å². The van der Waals surface area contributed by atoms with E-state index in [1.807, 2.05) is 12.1 Å². The molecule has 0 unspecified atom stereocenters. The highest BCUT2D eigenvalue weighted by atomic mass is 35.5. The van der Waals surface area contributed by atoms with Crippen LogP contribution in [0.25, 0.3) is 22.2 Å². The molecule has 0 aliphatic rings. The molecule has 3 aromatic carbocycles. The molecule has 0 amide bonds. The van der Waals surface area contributed by atoms with Crippen molar-refractivity contribution in [3.8, 4) is 11.3 Å². The number of carbonyl (C=O) groups is 2. The summed E-state index contributed by atoms with van der Waals surface area (Å²) in [5.74, 6) is -1.52. The third-order valence-corrected chi connectivity index (χ3v) is 5.22. The summed E-state index contributed by atoms with van der Waals surface area (Å²) in [6.45, 7) is 0. The Labute approximate surface area is 180 Å². The van der Waals surface area contributed by atoms with Gasteiger partial charge in [-0.2, -0.15) is 9.78 Å². The van der Waals surface area contributed by atoms with Crippen molar-refractivity contribution in [1.29, 1.82) is 0 Å². The molecule has 5 nitrogen and oxygen atoms in total. The van der Waals surface area contributed by atoms with Gasteiger partial charge in [0.25, 0.3) is 5.91 Å². The molecule has 1 aromatic heterocycles. The predicted molar refractivity (Wildman–Crippen MR) is 113 cm³/mol. The monoisotopic (exact) mass is 444 g/mol. The maximum Gasteiger partial charge on any atom is 0.335 e. The van der Waals surface area contributed by atoms with E-state index in [2.05, 4.69) is 5.10 Å². The molecule has 0 spiro atoms. The maximum atomic E-state index is 13.2. The Morgan fingerprint density at radius 2 is 1.52 bits per heavy atom. The molecule has 0 fully saturated rings. The van der Waals surface area contributed by atoms with Gasteiger partial charge in [-0.25, -0.2) is 4.79 Å². The fourth-order valence-electron chi connectivity index (χ4n) is 3.06. The summed E-state index contributed by atoms with van der Waals surface area (Å²) in [4.78, 5) is 24.3. The summed E-state index contributed by atoms with van der Waals surface area (Å²) in [6, 6.07) is 16.4. The van der Waals surface area contributed by atoms with E-state index in [4.69, 9.17) is 39.9 Å². The molecule has 0 saturated heterocycles. The fraction of sp³-hybridized carbons (Fsp3) is 0. The first kappa shape index (κ1) is 19.5. The van der Waals surface area contributed by atoms with Crippen LogP contribution in [0, 0.1) is 0 Å². The summed E-state index contributed by atoms with van der Waals surface area (Å²) in [7, 11) is 0. The number of aromatic nitrogens is 2. The second-order valence-corrected chi connectivity index (χ2v) is 7.46. The molecule has 0 aliphatic carbocycles. The molecule has 0 bridgehead atoms. The molecule has 0 radical (unpaired) electrons. The van der Waals surface area contributed by atoms with Gasteiger partial charge in [0.05, 0.1) is 26.7 Å². The van der Waals surface area contributed by atoms with Crippen molar-refractivity contribution in [2.75, 3.05) is 0 Å². The van der Waals surface area contributed by atoms with Gasteiger partial charge in [0.1, 0.15) is 5.69 Å². The van der Waals surface area contributed by atoms with E-state index in [0.717, 1.165) is 5.39 Å². The zero-order valence-corrected chi connectivity index (χ0v) is 16.8. The fourth-order valence-corrected chi connectivity index (χ4v) is 4.04. The number of aromatic carboxylic acids is 1. The van der Waals surface area contributed by atoms with E-state index in [-0.39, 0.29) is 21.2 Å². The smallest absolute Gasteiger partial charge is 0.335 e. The Balaban J connectivity index is 1.89. The van der Waals surface area contributed by atoms with E-state index >= 15 is 0 Å². The number of nitrogens with zero attached hydrogens (tertiary/aromatic N) is 2. The number of carboxylic acids is 1. The zero-order chi connectivity index (χ0) is 20.7. The largest absolute Gasteiger partial charge is 0.478 e. The van der Waals surface area contributed by atoms with Gasteiger partial charge in [-0.1, -0.05) is 65.1 Å². The SMILES string of the molecule is O=C(O)c1ccc(-c2nn(C(=O)c3c(Cl)cc(Cl)cc3Cl)c3ccccc23)cc1. The molecule has 144 valence electrons. The Bertz CT molecular complexity index is 1260. The Kier molecular flexibility index (Phi) is 5.04. The summed E-state index contributed by atoms with van der Waals surface area (Å²) < 4.78 is 1.23. The van der Waals surface area contributed by atoms with Crippen molar-refractivity contribution in [2.45, 2.75) is 0 Å². The van der Waals surface area contributed by atoms with Crippen LogP contribution in [0.2, 0.25) is 15.1 Å². The minimum absolute atomic E-state index is 0.0961. The number of fused-ring (bicyclic) bond motifs is 1. The first-order valence-corrected chi connectivity index (χ1v) is 9.51. The van der Waals surface area contributed by atoms with Gasteiger partial charge in [-0.05, 0) is 30.3 Å². The average molecular weight is 446 g/mol. The molecule has 0 aliphatic heterocycles. The van der Waals surface area contributed by atoms with Crippen molar-refractivity contribution in [2.24, 2.45) is 0 Å². The van der Waals surface area contributed by atoms with Gasteiger partial charge in [0.2, 0.25) is 0 Å². The molecule has 1 heterocycles. The van der Waals surface area contributed by atoms with Crippen LogP contribution in [0.4, 0.5) is 0 Å². The van der Waals surface area contributed by atoms with Crippen LogP contribution >= 0.6 is 34.8 Å². The van der Waals surface area contributed by atoms with Gasteiger partial charge in [0.15, 0.2) is 0 Å². The zero-order valence-electron chi connectivity index (χ0n) is 14.6. The highest BCUT2D eigenvalue weighted by molar-refractivity contribution is 6.42. The highest BCUT2D eigenvalue weighted by Gasteiger charge is 2.22. The van der Waals surface area contributed by atoms with Crippen molar-refractivity contribution in [3.05, 3.63) is 86.9 Å². The van der Waals surface area contributed by atoms with Crippen molar-refractivity contribution in [1.82, 2.24) is 9.78 Å². The third kappa shape index (κ3) is 3.49. The lowest BCUT2D eigenvalue weighted by Gasteiger charge is -2.07. The van der Waals surface area contributed by atoms with E-state index in [1.54, 1.807) is 24.3 Å². The number of rotatable bonds is 3. The van der Waals surface area contributed by atoms with Crippen LogP contribution in [0.1, 0.15) is 20.7 Å². The van der Waals surface area contributed by atoms with E-state index < -0.39 is 11.9 Å². The van der Waals surface area contributed by atoms with Crippen LogP contribution in [-0.2, 0) is 0 Å². The Hall–Kier alpha value is -2.86. The second-order valence-electron chi connectivity index (χ2n) is 6.21. The molecular formula is C21H11Cl3N2O3.